The van der Waals surface area contributed by atoms with Gasteiger partial charge in [0, 0.05) is 11.3 Å². The van der Waals surface area contributed by atoms with E-state index in [2.05, 4.69) is 6.58 Å². The predicted molar refractivity (Wildman–Crippen MR) is 111 cm³/mol. The molecule has 32 heavy (non-hydrogen) atoms. The van der Waals surface area contributed by atoms with Crippen LogP contribution in [0.1, 0.15) is 54.4 Å². The Morgan fingerprint density at radius 1 is 1.19 bits per heavy atom. The predicted octanol–water partition coefficient (Wildman–Crippen LogP) is 0.0598. The van der Waals surface area contributed by atoms with Crippen molar-refractivity contribution in [2.24, 2.45) is 16.7 Å². The molecule has 0 radical (unpaired) electrons. The lowest BCUT2D eigenvalue weighted by molar-refractivity contribution is -0.363. The van der Waals surface area contributed by atoms with Crippen LogP contribution in [0, 0.1) is 16.7 Å². The molecule has 3 rings (SSSR count). The van der Waals surface area contributed by atoms with Crippen LogP contribution in [-0.2, 0) is 23.9 Å². The lowest BCUT2D eigenvalue weighted by atomic mass is 9.39. The van der Waals surface area contributed by atoms with E-state index in [-0.39, 0.29) is 6.42 Å². The Bertz CT molecular complexity index is 866. The van der Waals surface area contributed by atoms with Crippen LogP contribution in [0.5, 0.6) is 0 Å². The molecule has 0 bridgehead atoms. The van der Waals surface area contributed by atoms with Gasteiger partial charge in [-0.05, 0) is 39.0 Å². The zero-order chi connectivity index (χ0) is 24.7. The molecule has 1 aliphatic heterocycles. The summed E-state index contributed by atoms with van der Waals surface area (Å²) in [6.45, 7) is 12.4. The van der Waals surface area contributed by atoms with Crippen LogP contribution < -0.4 is 0 Å². The second-order valence-corrected chi connectivity index (χ2v) is 10.7. The molecular formula is C23H34O9. The Kier molecular flexibility index (Phi) is 5.60. The first-order valence-electron chi connectivity index (χ1n) is 10.9. The second-order valence-electron chi connectivity index (χ2n) is 10.7. The number of hydrogen-bond acceptors (Lipinski definition) is 9. The van der Waals surface area contributed by atoms with E-state index in [1.165, 1.54) is 27.7 Å². The number of ether oxygens (including phenoxy) is 2. The van der Waals surface area contributed by atoms with Crippen molar-refractivity contribution in [3.8, 4) is 0 Å². The molecule has 9 heteroatoms. The van der Waals surface area contributed by atoms with E-state index in [9.17, 15) is 34.8 Å². The minimum atomic E-state index is -2.63. The number of aliphatic hydroxyl groups excluding tert-OH is 3. The number of fused-ring (bicyclic) bond motifs is 3. The summed E-state index contributed by atoms with van der Waals surface area (Å²) in [4.78, 5) is 39.0. The zero-order valence-corrected chi connectivity index (χ0v) is 19.4. The Balaban J connectivity index is 2.34. The van der Waals surface area contributed by atoms with Gasteiger partial charge in [-0.3, -0.25) is 9.59 Å². The van der Waals surface area contributed by atoms with Gasteiger partial charge in [-0.1, -0.05) is 33.4 Å². The van der Waals surface area contributed by atoms with Crippen molar-refractivity contribution in [2.45, 2.75) is 95.6 Å². The number of aliphatic hydroxyl groups is 4. The van der Waals surface area contributed by atoms with Crippen molar-refractivity contribution in [2.75, 3.05) is 0 Å². The maximum atomic E-state index is 13.6. The molecule has 2 aliphatic carbocycles. The van der Waals surface area contributed by atoms with Crippen molar-refractivity contribution in [1.29, 1.82) is 0 Å². The van der Waals surface area contributed by atoms with Crippen molar-refractivity contribution < 1.29 is 44.3 Å². The maximum absolute atomic E-state index is 13.6. The van der Waals surface area contributed by atoms with Crippen LogP contribution in [0.4, 0.5) is 0 Å². The Hall–Kier alpha value is -1.65. The average molecular weight is 455 g/mol. The highest BCUT2D eigenvalue weighted by Gasteiger charge is 2.82. The molecule has 0 aromatic carbocycles. The first-order valence-corrected chi connectivity index (χ1v) is 10.9. The zero-order valence-electron chi connectivity index (χ0n) is 19.4. The third kappa shape index (κ3) is 2.78. The fourth-order valence-corrected chi connectivity index (χ4v) is 6.46. The first-order chi connectivity index (χ1) is 14.5. The van der Waals surface area contributed by atoms with Crippen LogP contribution in [0.25, 0.3) is 0 Å². The molecule has 9 atom stereocenters. The van der Waals surface area contributed by atoms with Gasteiger partial charge in [0.25, 0.3) is 0 Å². The molecular weight excluding hydrogens is 420 g/mol. The van der Waals surface area contributed by atoms with Crippen LogP contribution in [0.2, 0.25) is 0 Å². The van der Waals surface area contributed by atoms with E-state index >= 15 is 0 Å². The lowest BCUT2D eigenvalue weighted by Gasteiger charge is -2.70. The fourth-order valence-electron chi connectivity index (χ4n) is 6.46. The average Bonchev–Trinajstić information content (AvgIpc) is 2.71. The molecule has 0 amide bonds. The highest BCUT2D eigenvalue weighted by Crippen LogP contribution is 2.66. The van der Waals surface area contributed by atoms with Gasteiger partial charge in [0.2, 0.25) is 11.6 Å². The highest BCUT2D eigenvalue weighted by molar-refractivity contribution is 6.44. The van der Waals surface area contributed by atoms with Crippen molar-refractivity contribution in [1.82, 2.24) is 0 Å². The Morgan fingerprint density at radius 2 is 1.75 bits per heavy atom. The summed E-state index contributed by atoms with van der Waals surface area (Å²) in [7, 11) is 0. The minimum absolute atomic E-state index is 0.200. The van der Waals surface area contributed by atoms with Gasteiger partial charge in [-0.2, -0.15) is 0 Å². The van der Waals surface area contributed by atoms with E-state index < -0.39 is 75.5 Å². The molecule has 9 nitrogen and oxygen atoms in total. The van der Waals surface area contributed by atoms with Crippen molar-refractivity contribution >= 4 is 17.5 Å². The van der Waals surface area contributed by atoms with E-state index in [1.54, 1.807) is 0 Å². The third-order valence-corrected chi connectivity index (χ3v) is 8.34. The summed E-state index contributed by atoms with van der Waals surface area (Å²) < 4.78 is 11.5. The second kappa shape index (κ2) is 7.17. The summed E-state index contributed by atoms with van der Waals surface area (Å²) >= 11 is 0. The van der Waals surface area contributed by atoms with Gasteiger partial charge in [-0.15, -0.1) is 0 Å². The molecule has 1 unspecified atom stereocenters. The summed E-state index contributed by atoms with van der Waals surface area (Å²) in [6, 6.07) is 0. The lowest BCUT2D eigenvalue weighted by Crippen LogP contribution is -2.88. The minimum Gasteiger partial charge on any atom is -0.457 e. The molecule has 0 aromatic rings. The Morgan fingerprint density at radius 3 is 2.25 bits per heavy atom. The number of Topliss-reactive ketones (excluding diaryl/α,β-unsaturated/α-hetero) is 2. The number of hydrogen-bond donors (Lipinski definition) is 4. The quantitative estimate of drug-likeness (QED) is 0.264. The van der Waals surface area contributed by atoms with E-state index in [0.29, 0.717) is 6.42 Å². The SMILES string of the molecule is C=C[C@]1(C)O[C@]2(C)[C@@H](O)[C@@H](OC(=O)C(C)O)[C@H]3C(C)(C)CC[C@H](O)[C@]3(C)[C@@]2(O)C(=O)C1=O. The molecule has 2 saturated carbocycles. The summed E-state index contributed by atoms with van der Waals surface area (Å²) in [5.74, 6) is -4.21. The van der Waals surface area contributed by atoms with Crippen LogP contribution in [-0.4, -0.2) is 79.2 Å². The van der Waals surface area contributed by atoms with Crippen molar-refractivity contribution in [3.63, 3.8) is 0 Å². The van der Waals surface area contributed by atoms with Gasteiger partial charge < -0.3 is 29.9 Å². The fraction of sp³-hybridized carbons (Fsp3) is 0.783. The normalized spacial score (nSPS) is 48.9. The summed E-state index contributed by atoms with van der Waals surface area (Å²) in [5.41, 5.74) is -9.10. The van der Waals surface area contributed by atoms with Crippen molar-refractivity contribution in [3.05, 3.63) is 12.7 Å². The number of rotatable bonds is 3. The van der Waals surface area contributed by atoms with Gasteiger partial charge in [0.05, 0.1) is 6.10 Å². The van der Waals surface area contributed by atoms with Gasteiger partial charge in [0.1, 0.15) is 23.9 Å². The molecule has 180 valence electrons. The molecule has 0 aromatic heterocycles. The summed E-state index contributed by atoms with van der Waals surface area (Å²) in [5, 5.41) is 44.5. The smallest absolute Gasteiger partial charge is 0.335 e. The van der Waals surface area contributed by atoms with Gasteiger partial charge >= 0.3 is 5.97 Å². The number of carbonyl (C=O) groups is 3. The van der Waals surface area contributed by atoms with Gasteiger partial charge in [-0.25, -0.2) is 4.79 Å². The molecule has 1 heterocycles. The van der Waals surface area contributed by atoms with E-state index in [1.807, 2.05) is 13.8 Å². The maximum Gasteiger partial charge on any atom is 0.335 e. The number of esters is 1. The molecule has 0 spiro atoms. The van der Waals surface area contributed by atoms with Gasteiger partial charge in [0.15, 0.2) is 11.2 Å². The van der Waals surface area contributed by atoms with E-state index in [4.69, 9.17) is 9.47 Å². The monoisotopic (exact) mass is 454 g/mol. The molecule has 1 saturated heterocycles. The van der Waals surface area contributed by atoms with Crippen LogP contribution >= 0.6 is 0 Å². The standard InChI is InChI=1S/C23H34O9/c1-8-20(5)16(27)17(28)23(30)21(6)12(25)9-10-19(3,4)14(21)13(31-18(29)11(2)24)15(26)22(23,7)32-20/h8,11-15,24-26,30H,1,9-10H2,2-7H3/t11?,12-,13-,14-,15-,20-,21-,22+,23-/m0/s1. The number of ketones is 2. The topological polar surface area (TPSA) is 151 Å². The molecule has 3 aliphatic rings. The first kappa shape index (κ1) is 25.0. The molecule has 4 N–H and O–H groups in total. The van der Waals surface area contributed by atoms with Crippen LogP contribution in [0.3, 0.4) is 0 Å². The van der Waals surface area contributed by atoms with Crippen LogP contribution in [0.15, 0.2) is 12.7 Å². The molecule has 3 fully saturated rings. The Labute approximate surface area is 187 Å². The largest absolute Gasteiger partial charge is 0.457 e. The highest BCUT2D eigenvalue weighted by atomic mass is 16.6. The summed E-state index contributed by atoms with van der Waals surface area (Å²) in [6.07, 6.45) is -4.15. The van der Waals surface area contributed by atoms with E-state index in [0.717, 1.165) is 6.08 Å². The number of carbonyl (C=O) groups excluding carboxylic acids is 3. The third-order valence-electron chi connectivity index (χ3n) is 8.34.